The average molecular weight is 296 g/mol. The van der Waals surface area contributed by atoms with Gasteiger partial charge in [0.15, 0.2) is 6.29 Å². The number of aliphatic hydroxyl groups excluding tert-OH is 1. The van der Waals surface area contributed by atoms with Crippen molar-refractivity contribution < 1.29 is 9.84 Å². The van der Waals surface area contributed by atoms with Crippen molar-refractivity contribution in [2.24, 2.45) is 29.1 Å². The number of ether oxygens (including phenoxy) is 1. The van der Waals surface area contributed by atoms with Crippen molar-refractivity contribution in [1.82, 2.24) is 0 Å². The lowest BCUT2D eigenvalue weighted by Crippen LogP contribution is -2.42. The van der Waals surface area contributed by atoms with Crippen LogP contribution in [-0.4, -0.2) is 17.5 Å². The summed E-state index contributed by atoms with van der Waals surface area (Å²) in [6, 6.07) is 0. The average Bonchev–Trinajstić information content (AvgIpc) is 2.43. The molecule has 2 bridgehead atoms. The lowest BCUT2D eigenvalue weighted by atomic mass is 9.65. The molecular weight excluding hydrogens is 260 g/mol. The zero-order valence-corrected chi connectivity index (χ0v) is 14.8. The second kappa shape index (κ2) is 7.00. The minimum Gasteiger partial charge on any atom is -0.367 e. The Morgan fingerprint density at radius 3 is 2.14 bits per heavy atom. The SMILES string of the molecule is CCC(C)(C)C(O)OC(C(C)C)C1CC2CCCC(C2)C1. The Labute approximate surface area is 131 Å². The van der Waals surface area contributed by atoms with Crippen LogP contribution in [0.3, 0.4) is 0 Å². The fraction of sp³-hybridized carbons (Fsp3) is 1.00. The molecule has 21 heavy (non-hydrogen) atoms. The normalized spacial score (nSPS) is 33.0. The van der Waals surface area contributed by atoms with Gasteiger partial charge in [-0.05, 0) is 49.4 Å². The number of hydrogen-bond acceptors (Lipinski definition) is 2. The highest BCUT2D eigenvalue weighted by Gasteiger charge is 2.39. The third-order valence-electron chi connectivity index (χ3n) is 6.15. The monoisotopic (exact) mass is 296 g/mol. The molecule has 0 aromatic heterocycles. The molecule has 0 saturated heterocycles. The van der Waals surface area contributed by atoms with Crippen molar-refractivity contribution >= 4 is 0 Å². The first-order valence-electron chi connectivity index (χ1n) is 9.17. The van der Waals surface area contributed by atoms with Gasteiger partial charge in [0.2, 0.25) is 0 Å². The molecule has 2 heteroatoms. The fourth-order valence-electron chi connectivity index (χ4n) is 4.37. The van der Waals surface area contributed by atoms with E-state index in [2.05, 4.69) is 34.6 Å². The summed E-state index contributed by atoms with van der Waals surface area (Å²) in [5.41, 5.74) is -0.155. The highest BCUT2D eigenvalue weighted by molar-refractivity contribution is 4.88. The Balaban J connectivity index is 2.02. The Morgan fingerprint density at radius 1 is 1.10 bits per heavy atom. The quantitative estimate of drug-likeness (QED) is 0.699. The zero-order valence-electron chi connectivity index (χ0n) is 14.8. The third kappa shape index (κ3) is 4.22. The Kier molecular flexibility index (Phi) is 5.76. The predicted molar refractivity (Wildman–Crippen MR) is 88.0 cm³/mol. The van der Waals surface area contributed by atoms with Crippen molar-refractivity contribution in [2.75, 3.05) is 0 Å². The molecule has 124 valence electrons. The lowest BCUT2D eigenvalue weighted by molar-refractivity contribution is -0.218. The first-order valence-corrected chi connectivity index (χ1v) is 9.17. The van der Waals surface area contributed by atoms with Crippen molar-refractivity contribution in [1.29, 1.82) is 0 Å². The summed E-state index contributed by atoms with van der Waals surface area (Å²) in [4.78, 5) is 0. The fourth-order valence-corrected chi connectivity index (χ4v) is 4.37. The molecule has 2 nitrogen and oxygen atoms in total. The van der Waals surface area contributed by atoms with Crippen molar-refractivity contribution in [2.45, 2.75) is 92.0 Å². The molecule has 0 aromatic rings. The molecule has 0 radical (unpaired) electrons. The minimum atomic E-state index is -0.642. The van der Waals surface area contributed by atoms with Gasteiger partial charge in [-0.3, -0.25) is 0 Å². The molecule has 0 heterocycles. The molecule has 0 aliphatic heterocycles. The van der Waals surface area contributed by atoms with E-state index in [1.165, 1.54) is 38.5 Å². The summed E-state index contributed by atoms with van der Waals surface area (Å²) in [7, 11) is 0. The summed E-state index contributed by atoms with van der Waals surface area (Å²) < 4.78 is 6.23. The van der Waals surface area contributed by atoms with Crippen LogP contribution >= 0.6 is 0 Å². The summed E-state index contributed by atoms with van der Waals surface area (Å²) in [5, 5.41) is 10.5. The summed E-state index contributed by atoms with van der Waals surface area (Å²) in [6.45, 7) is 10.8. The minimum absolute atomic E-state index is 0.155. The van der Waals surface area contributed by atoms with Crippen LogP contribution in [0.15, 0.2) is 0 Å². The van der Waals surface area contributed by atoms with Crippen LogP contribution in [0, 0.1) is 29.1 Å². The molecule has 4 atom stereocenters. The van der Waals surface area contributed by atoms with Crippen LogP contribution in [0.1, 0.15) is 79.6 Å². The molecule has 4 unspecified atom stereocenters. The van der Waals surface area contributed by atoms with E-state index in [1.807, 2.05) is 0 Å². The van der Waals surface area contributed by atoms with Crippen LogP contribution in [0.4, 0.5) is 0 Å². The first kappa shape index (κ1) is 17.3. The second-order valence-corrected chi connectivity index (χ2v) is 8.67. The molecular formula is C19H36O2. The van der Waals surface area contributed by atoms with Gasteiger partial charge in [0.1, 0.15) is 0 Å². The molecule has 0 aromatic carbocycles. The maximum atomic E-state index is 10.5. The highest BCUT2D eigenvalue weighted by Crippen LogP contribution is 2.45. The summed E-state index contributed by atoms with van der Waals surface area (Å²) in [6.07, 6.45) is 8.87. The molecule has 2 saturated carbocycles. The van der Waals surface area contributed by atoms with Gasteiger partial charge in [-0.1, -0.05) is 53.9 Å². The maximum absolute atomic E-state index is 10.5. The molecule has 2 aliphatic rings. The Morgan fingerprint density at radius 2 is 1.67 bits per heavy atom. The summed E-state index contributed by atoms with van der Waals surface area (Å²) in [5.74, 6) is 2.97. The molecule has 2 aliphatic carbocycles. The Bertz CT molecular complexity index is 312. The van der Waals surface area contributed by atoms with E-state index in [4.69, 9.17) is 4.74 Å². The van der Waals surface area contributed by atoms with Gasteiger partial charge in [0.25, 0.3) is 0 Å². The standard InChI is InChI=1S/C19H36O2/c1-6-19(4,5)18(20)21-17(13(2)3)16-11-14-8-7-9-15(10-14)12-16/h13-18,20H,6-12H2,1-5H3. The van der Waals surface area contributed by atoms with E-state index >= 15 is 0 Å². The van der Waals surface area contributed by atoms with E-state index in [0.717, 1.165) is 18.3 Å². The molecule has 0 spiro atoms. The van der Waals surface area contributed by atoms with E-state index in [0.29, 0.717) is 11.8 Å². The molecule has 0 amide bonds. The van der Waals surface area contributed by atoms with Gasteiger partial charge < -0.3 is 9.84 Å². The molecule has 2 rings (SSSR count). The zero-order chi connectivity index (χ0) is 15.6. The molecule has 2 fully saturated rings. The number of rotatable bonds is 6. The van der Waals surface area contributed by atoms with Crippen LogP contribution < -0.4 is 0 Å². The van der Waals surface area contributed by atoms with E-state index in [9.17, 15) is 5.11 Å². The lowest BCUT2D eigenvalue weighted by Gasteiger charge is -2.44. The van der Waals surface area contributed by atoms with Crippen molar-refractivity contribution in [3.63, 3.8) is 0 Å². The van der Waals surface area contributed by atoms with Gasteiger partial charge in [-0.25, -0.2) is 0 Å². The summed E-state index contributed by atoms with van der Waals surface area (Å²) >= 11 is 0. The van der Waals surface area contributed by atoms with Gasteiger partial charge in [-0.2, -0.15) is 0 Å². The van der Waals surface area contributed by atoms with Crippen LogP contribution in [0.25, 0.3) is 0 Å². The van der Waals surface area contributed by atoms with E-state index in [1.54, 1.807) is 0 Å². The smallest absolute Gasteiger partial charge is 0.160 e. The van der Waals surface area contributed by atoms with Gasteiger partial charge in [0, 0.05) is 5.41 Å². The van der Waals surface area contributed by atoms with E-state index < -0.39 is 6.29 Å². The first-order chi connectivity index (χ1) is 9.83. The largest absolute Gasteiger partial charge is 0.367 e. The van der Waals surface area contributed by atoms with Crippen LogP contribution in [0.5, 0.6) is 0 Å². The van der Waals surface area contributed by atoms with E-state index in [-0.39, 0.29) is 11.5 Å². The number of aliphatic hydroxyl groups is 1. The van der Waals surface area contributed by atoms with Gasteiger partial charge in [-0.15, -0.1) is 0 Å². The van der Waals surface area contributed by atoms with Crippen molar-refractivity contribution in [3.05, 3.63) is 0 Å². The van der Waals surface area contributed by atoms with Crippen molar-refractivity contribution in [3.8, 4) is 0 Å². The topological polar surface area (TPSA) is 29.5 Å². The maximum Gasteiger partial charge on any atom is 0.160 e. The third-order valence-corrected chi connectivity index (χ3v) is 6.15. The van der Waals surface area contributed by atoms with Gasteiger partial charge >= 0.3 is 0 Å². The number of hydrogen-bond donors (Lipinski definition) is 1. The predicted octanol–water partition coefficient (Wildman–Crippen LogP) is 5.00. The van der Waals surface area contributed by atoms with Crippen LogP contribution in [-0.2, 0) is 4.74 Å². The van der Waals surface area contributed by atoms with Gasteiger partial charge in [0.05, 0.1) is 6.10 Å². The number of fused-ring (bicyclic) bond motifs is 2. The Hall–Kier alpha value is -0.0800. The molecule has 1 N–H and O–H groups in total. The second-order valence-electron chi connectivity index (χ2n) is 8.67. The highest BCUT2D eigenvalue weighted by atomic mass is 16.6. The van der Waals surface area contributed by atoms with Crippen LogP contribution in [0.2, 0.25) is 0 Å².